The van der Waals surface area contributed by atoms with E-state index in [1.807, 2.05) is 31.5 Å². The van der Waals surface area contributed by atoms with Crippen molar-refractivity contribution in [3.05, 3.63) is 35.1 Å². The molecule has 6 heteroatoms. The fourth-order valence-corrected chi connectivity index (χ4v) is 1.95. The van der Waals surface area contributed by atoms with E-state index in [9.17, 15) is 9.18 Å². The van der Waals surface area contributed by atoms with Crippen molar-refractivity contribution in [1.29, 1.82) is 0 Å². The molecular formula is C14H23FN4O. The van der Waals surface area contributed by atoms with Crippen LogP contribution in [0.4, 0.5) is 4.39 Å². The molecule has 0 spiro atoms. The molecule has 0 heterocycles. The maximum absolute atomic E-state index is 13.7. The zero-order valence-corrected chi connectivity index (χ0v) is 12.3. The van der Waals surface area contributed by atoms with Gasteiger partial charge in [-0.05, 0) is 58.9 Å². The summed E-state index contributed by atoms with van der Waals surface area (Å²) in [5.74, 6) is 4.36. The molecule has 0 bridgehead atoms. The molecule has 0 aliphatic heterocycles. The number of hydrogen-bond acceptors (Lipinski definition) is 4. The first-order valence-corrected chi connectivity index (χ1v) is 6.56. The number of hydrazine groups is 1. The minimum Gasteiger partial charge on any atom is -0.309 e. The molecule has 1 aromatic rings. The molecule has 0 atom stereocenters. The number of benzene rings is 1. The lowest BCUT2D eigenvalue weighted by molar-refractivity contribution is 0.0953. The highest BCUT2D eigenvalue weighted by atomic mass is 19.1. The number of carbonyl (C=O) groups excluding carboxylic acids is 1. The zero-order valence-electron chi connectivity index (χ0n) is 12.3. The summed E-state index contributed by atoms with van der Waals surface area (Å²) in [5.41, 5.74) is 2.91. The summed E-state index contributed by atoms with van der Waals surface area (Å²) >= 11 is 0. The highest BCUT2D eigenvalue weighted by Gasteiger charge is 2.10. The van der Waals surface area contributed by atoms with E-state index >= 15 is 0 Å². The van der Waals surface area contributed by atoms with Crippen LogP contribution >= 0.6 is 0 Å². The number of nitrogens with two attached hydrogens (primary N) is 1. The first-order valence-electron chi connectivity index (χ1n) is 6.56. The van der Waals surface area contributed by atoms with E-state index in [2.05, 4.69) is 4.90 Å². The second-order valence-corrected chi connectivity index (χ2v) is 5.17. The highest BCUT2D eigenvalue weighted by molar-refractivity contribution is 5.93. The predicted octanol–water partition coefficient (Wildman–Crippen LogP) is 0.813. The molecule has 0 aliphatic carbocycles. The van der Waals surface area contributed by atoms with E-state index in [0.29, 0.717) is 17.7 Å². The molecule has 0 aromatic heterocycles. The standard InChI is InChI=1S/C14H23FN4O/c1-18(2)7-4-8-19(3)10-12-9-11(14(20)17-16)5-6-13(12)15/h5-6,9H,4,7-8,10,16H2,1-3H3,(H,17,20). The maximum atomic E-state index is 13.7. The van der Waals surface area contributed by atoms with Gasteiger partial charge in [0.15, 0.2) is 0 Å². The molecule has 0 radical (unpaired) electrons. The number of amides is 1. The Hall–Kier alpha value is -1.50. The molecule has 0 saturated carbocycles. The van der Waals surface area contributed by atoms with Gasteiger partial charge >= 0.3 is 0 Å². The van der Waals surface area contributed by atoms with Crippen LogP contribution in [0, 0.1) is 5.82 Å². The first kappa shape index (κ1) is 16.6. The molecule has 1 aromatic carbocycles. The second kappa shape index (κ2) is 7.94. The molecule has 20 heavy (non-hydrogen) atoms. The lowest BCUT2D eigenvalue weighted by Gasteiger charge is -2.18. The smallest absolute Gasteiger partial charge is 0.265 e. The molecule has 0 saturated heterocycles. The molecule has 112 valence electrons. The fourth-order valence-electron chi connectivity index (χ4n) is 1.95. The van der Waals surface area contributed by atoms with Gasteiger partial charge in [-0.1, -0.05) is 0 Å². The van der Waals surface area contributed by atoms with Gasteiger partial charge in [0.1, 0.15) is 5.82 Å². The summed E-state index contributed by atoms with van der Waals surface area (Å²) in [6.07, 6.45) is 1.01. The van der Waals surface area contributed by atoms with Gasteiger partial charge in [-0.15, -0.1) is 0 Å². The average Bonchev–Trinajstić information content (AvgIpc) is 2.40. The Bertz CT molecular complexity index is 451. The Morgan fingerprint density at radius 1 is 1.30 bits per heavy atom. The van der Waals surface area contributed by atoms with Gasteiger partial charge in [-0.2, -0.15) is 0 Å². The number of nitrogens with one attached hydrogen (secondary N) is 1. The minimum atomic E-state index is -0.415. The van der Waals surface area contributed by atoms with E-state index in [1.54, 1.807) is 6.07 Å². The predicted molar refractivity (Wildman–Crippen MR) is 77.6 cm³/mol. The van der Waals surface area contributed by atoms with Crippen LogP contribution in [0.3, 0.4) is 0 Å². The molecule has 0 unspecified atom stereocenters. The number of halogens is 1. The number of nitrogen functional groups attached to an aromatic ring is 1. The van der Waals surface area contributed by atoms with Crippen LogP contribution in [-0.2, 0) is 6.54 Å². The van der Waals surface area contributed by atoms with Gasteiger partial charge in [-0.25, -0.2) is 10.2 Å². The lowest BCUT2D eigenvalue weighted by Crippen LogP contribution is -2.30. The van der Waals surface area contributed by atoms with Gasteiger partial charge in [0.2, 0.25) is 0 Å². The topological polar surface area (TPSA) is 61.6 Å². The van der Waals surface area contributed by atoms with Gasteiger partial charge < -0.3 is 9.80 Å². The van der Waals surface area contributed by atoms with Crippen molar-refractivity contribution in [2.24, 2.45) is 5.84 Å². The van der Waals surface area contributed by atoms with Gasteiger partial charge in [0.05, 0.1) is 0 Å². The van der Waals surface area contributed by atoms with Gasteiger partial charge in [0, 0.05) is 17.7 Å². The zero-order chi connectivity index (χ0) is 15.1. The Balaban J connectivity index is 2.64. The third-order valence-corrected chi connectivity index (χ3v) is 3.02. The van der Waals surface area contributed by atoms with Crippen molar-refractivity contribution in [1.82, 2.24) is 15.2 Å². The Morgan fingerprint density at radius 3 is 2.60 bits per heavy atom. The van der Waals surface area contributed by atoms with Crippen LogP contribution in [0.15, 0.2) is 18.2 Å². The van der Waals surface area contributed by atoms with Crippen molar-refractivity contribution < 1.29 is 9.18 Å². The molecule has 5 nitrogen and oxygen atoms in total. The van der Waals surface area contributed by atoms with Crippen LogP contribution in [0.1, 0.15) is 22.3 Å². The molecule has 0 aliphatic rings. The number of nitrogens with zero attached hydrogens (tertiary/aromatic N) is 2. The van der Waals surface area contributed by atoms with Crippen molar-refractivity contribution in [3.63, 3.8) is 0 Å². The van der Waals surface area contributed by atoms with Crippen LogP contribution < -0.4 is 11.3 Å². The molecule has 1 rings (SSSR count). The number of hydrogen-bond donors (Lipinski definition) is 2. The maximum Gasteiger partial charge on any atom is 0.265 e. The molecule has 1 amide bonds. The Morgan fingerprint density at radius 2 is 2.00 bits per heavy atom. The Kier molecular flexibility index (Phi) is 6.57. The van der Waals surface area contributed by atoms with Gasteiger partial charge in [-0.3, -0.25) is 10.2 Å². The van der Waals surface area contributed by atoms with Crippen molar-refractivity contribution >= 4 is 5.91 Å². The van der Waals surface area contributed by atoms with Crippen LogP contribution in [0.5, 0.6) is 0 Å². The Labute approximate surface area is 119 Å². The summed E-state index contributed by atoms with van der Waals surface area (Å²) in [6.45, 7) is 2.32. The number of carbonyl (C=O) groups is 1. The number of rotatable bonds is 7. The third-order valence-electron chi connectivity index (χ3n) is 3.02. The van der Waals surface area contributed by atoms with Crippen molar-refractivity contribution in [3.8, 4) is 0 Å². The quantitative estimate of drug-likeness (QED) is 0.441. The largest absolute Gasteiger partial charge is 0.309 e. The SMILES string of the molecule is CN(C)CCCN(C)Cc1cc(C(=O)NN)ccc1F. The average molecular weight is 282 g/mol. The second-order valence-electron chi connectivity index (χ2n) is 5.17. The minimum absolute atomic E-state index is 0.307. The monoisotopic (exact) mass is 282 g/mol. The molecule has 0 fully saturated rings. The highest BCUT2D eigenvalue weighted by Crippen LogP contribution is 2.13. The van der Waals surface area contributed by atoms with E-state index in [1.165, 1.54) is 12.1 Å². The molecular weight excluding hydrogens is 259 g/mol. The first-order chi connectivity index (χ1) is 9.43. The molecule has 3 N–H and O–H groups in total. The van der Waals surface area contributed by atoms with E-state index in [4.69, 9.17) is 5.84 Å². The summed E-state index contributed by atoms with van der Waals surface area (Å²) in [5, 5.41) is 0. The fraction of sp³-hybridized carbons (Fsp3) is 0.500. The summed E-state index contributed by atoms with van der Waals surface area (Å²) in [4.78, 5) is 15.6. The van der Waals surface area contributed by atoms with E-state index in [0.717, 1.165) is 19.5 Å². The lowest BCUT2D eigenvalue weighted by atomic mass is 10.1. The third kappa shape index (κ3) is 5.24. The normalized spacial score (nSPS) is 11.2. The van der Waals surface area contributed by atoms with E-state index < -0.39 is 5.91 Å². The van der Waals surface area contributed by atoms with Gasteiger partial charge in [0.25, 0.3) is 5.91 Å². The van der Waals surface area contributed by atoms with Crippen LogP contribution in [-0.4, -0.2) is 49.9 Å². The summed E-state index contributed by atoms with van der Waals surface area (Å²) < 4.78 is 13.7. The summed E-state index contributed by atoms with van der Waals surface area (Å²) in [6, 6.07) is 4.26. The van der Waals surface area contributed by atoms with Crippen LogP contribution in [0.25, 0.3) is 0 Å². The van der Waals surface area contributed by atoms with Crippen molar-refractivity contribution in [2.45, 2.75) is 13.0 Å². The van der Waals surface area contributed by atoms with Crippen molar-refractivity contribution in [2.75, 3.05) is 34.2 Å². The van der Waals surface area contributed by atoms with Crippen LogP contribution in [0.2, 0.25) is 0 Å². The van der Waals surface area contributed by atoms with E-state index in [-0.39, 0.29) is 5.82 Å². The summed E-state index contributed by atoms with van der Waals surface area (Å²) in [7, 11) is 5.98.